The maximum atomic E-state index is 13.7. The van der Waals surface area contributed by atoms with Crippen molar-refractivity contribution in [1.82, 2.24) is 5.01 Å². The summed E-state index contributed by atoms with van der Waals surface area (Å²) in [5.74, 6) is 1.49. The average Bonchev–Trinajstić information content (AvgIpc) is 3.45. The summed E-state index contributed by atoms with van der Waals surface area (Å²) in [4.78, 5) is 26.9. The molecule has 6 unspecified atom stereocenters. The lowest BCUT2D eigenvalue weighted by molar-refractivity contribution is -0.151. The molecule has 0 bridgehead atoms. The van der Waals surface area contributed by atoms with E-state index in [4.69, 9.17) is 4.74 Å². The van der Waals surface area contributed by atoms with Gasteiger partial charge < -0.3 is 4.74 Å². The van der Waals surface area contributed by atoms with Gasteiger partial charge in [0.25, 0.3) is 0 Å². The summed E-state index contributed by atoms with van der Waals surface area (Å²) >= 11 is 0. The minimum atomic E-state index is -0.172. The van der Waals surface area contributed by atoms with Crippen molar-refractivity contribution in [2.75, 3.05) is 0 Å². The lowest BCUT2D eigenvalue weighted by Crippen LogP contribution is -2.48. The van der Waals surface area contributed by atoms with Gasteiger partial charge in [0.15, 0.2) is 5.78 Å². The molecular weight excluding hydrogens is 426 g/mol. The SMILES string of the molecule is C=C/N=N\N(C=C)C1CC2CCCC2C2C=C3C(=O)[C@H](C)CCCC[C@H](CC)OC(=O)CC3C21. The molecule has 0 aromatic rings. The Bertz CT molecular complexity index is 850. The maximum absolute atomic E-state index is 13.7. The molecule has 1 saturated heterocycles. The third-order valence-corrected chi connectivity index (χ3v) is 8.93. The monoisotopic (exact) mass is 467 g/mol. The van der Waals surface area contributed by atoms with Crippen molar-refractivity contribution >= 4 is 11.8 Å². The van der Waals surface area contributed by atoms with E-state index in [0.717, 1.165) is 44.1 Å². The predicted octanol–water partition coefficient (Wildman–Crippen LogP) is 6.41. The summed E-state index contributed by atoms with van der Waals surface area (Å²) in [6.07, 6.45) is 14.9. The van der Waals surface area contributed by atoms with E-state index in [0.29, 0.717) is 11.8 Å². The van der Waals surface area contributed by atoms with Crippen LogP contribution in [-0.4, -0.2) is 28.9 Å². The van der Waals surface area contributed by atoms with E-state index < -0.39 is 0 Å². The van der Waals surface area contributed by atoms with E-state index in [1.165, 1.54) is 25.5 Å². The van der Waals surface area contributed by atoms with Crippen molar-refractivity contribution in [2.24, 2.45) is 45.8 Å². The molecule has 6 heteroatoms. The smallest absolute Gasteiger partial charge is 0.306 e. The highest BCUT2D eigenvalue weighted by Gasteiger charge is 2.55. The van der Waals surface area contributed by atoms with E-state index in [1.54, 1.807) is 6.20 Å². The topological polar surface area (TPSA) is 71.3 Å². The average molecular weight is 468 g/mol. The van der Waals surface area contributed by atoms with Crippen molar-refractivity contribution in [3.8, 4) is 0 Å². The van der Waals surface area contributed by atoms with Crippen LogP contribution in [-0.2, 0) is 14.3 Å². The number of rotatable bonds is 5. The van der Waals surface area contributed by atoms with Gasteiger partial charge in [-0.3, -0.25) is 14.6 Å². The van der Waals surface area contributed by atoms with Gasteiger partial charge in [-0.1, -0.05) is 57.6 Å². The second-order valence-electron chi connectivity index (χ2n) is 10.8. The van der Waals surface area contributed by atoms with Crippen molar-refractivity contribution in [2.45, 2.75) is 90.2 Å². The largest absolute Gasteiger partial charge is 0.462 e. The first-order valence-corrected chi connectivity index (χ1v) is 13.4. The summed E-state index contributed by atoms with van der Waals surface area (Å²) in [5, 5.41) is 10.3. The molecule has 0 radical (unpaired) electrons. The minimum Gasteiger partial charge on any atom is -0.462 e. The lowest BCUT2D eigenvalue weighted by atomic mass is 9.63. The van der Waals surface area contributed by atoms with Gasteiger partial charge in [-0.2, -0.15) is 0 Å². The van der Waals surface area contributed by atoms with Crippen LogP contribution in [0.3, 0.4) is 0 Å². The molecule has 0 amide bonds. The molecule has 34 heavy (non-hydrogen) atoms. The Balaban J connectivity index is 1.72. The van der Waals surface area contributed by atoms with Crippen LogP contribution in [0.2, 0.25) is 0 Å². The fraction of sp³-hybridized carbons (Fsp3) is 0.714. The van der Waals surface area contributed by atoms with Crippen LogP contribution in [0, 0.1) is 35.5 Å². The van der Waals surface area contributed by atoms with Crippen LogP contribution >= 0.6 is 0 Å². The summed E-state index contributed by atoms with van der Waals surface area (Å²) in [6, 6.07) is 0.0510. The van der Waals surface area contributed by atoms with Crippen LogP contribution in [0.5, 0.6) is 0 Å². The first-order valence-electron chi connectivity index (χ1n) is 13.4. The highest BCUT2D eigenvalue weighted by Crippen LogP contribution is 2.57. The van der Waals surface area contributed by atoms with E-state index in [9.17, 15) is 9.59 Å². The Morgan fingerprint density at radius 3 is 2.68 bits per heavy atom. The summed E-state index contributed by atoms with van der Waals surface area (Å²) < 4.78 is 5.93. The number of carbonyl (C=O) groups is 2. The van der Waals surface area contributed by atoms with Crippen LogP contribution in [0.15, 0.2) is 47.5 Å². The first kappa shape index (κ1) is 24.9. The number of hydrogen-bond donors (Lipinski definition) is 0. The number of nitrogens with zero attached hydrogens (tertiary/aromatic N) is 3. The predicted molar refractivity (Wildman–Crippen MR) is 132 cm³/mol. The van der Waals surface area contributed by atoms with Crippen molar-refractivity contribution < 1.29 is 14.3 Å². The van der Waals surface area contributed by atoms with Crippen LogP contribution in [0.1, 0.15) is 78.1 Å². The zero-order valence-electron chi connectivity index (χ0n) is 20.9. The molecule has 0 aromatic heterocycles. The van der Waals surface area contributed by atoms with E-state index >= 15 is 0 Å². The molecule has 0 aromatic carbocycles. The normalized spacial score (nSPS) is 38.6. The van der Waals surface area contributed by atoms with Gasteiger partial charge in [-0.05, 0) is 67.8 Å². The molecule has 186 valence electrons. The van der Waals surface area contributed by atoms with Crippen molar-refractivity contribution in [3.05, 3.63) is 37.2 Å². The molecule has 1 heterocycles. The van der Waals surface area contributed by atoms with Crippen molar-refractivity contribution in [3.63, 3.8) is 0 Å². The van der Waals surface area contributed by atoms with Gasteiger partial charge in [0.1, 0.15) is 6.10 Å². The Labute approximate surface area is 204 Å². The number of ketones is 1. The number of ether oxygens (including phenoxy) is 1. The summed E-state index contributed by atoms with van der Waals surface area (Å²) in [6.45, 7) is 11.8. The number of hydrogen-bond acceptors (Lipinski definition) is 5. The third kappa shape index (κ3) is 4.92. The Morgan fingerprint density at radius 1 is 1.15 bits per heavy atom. The third-order valence-electron chi connectivity index (χ3n) is 8.93. The molecular formula is C28H41N3O3. The maximum Gasteiger partial charge on any atom is 0.306 e. The number of carbonyl (C=O) groups excluding carboxylic acids is 2. The minimum absolute atomic E-state index is 0.0155. The Morgan fingerprint density at radius 2 is 1.94 bits per heavy atom. The molecule has 3 fully saturated rings. The molecule has 4 rings (SSSR count). The molecule has 4 aliphatic rings. The standard InChI is InChI=1S/C28H41N3O3/c1-5-20-13-9-8-11-18(4)28(33)24-16-22-21-14-10-12-19(21)15-25(31(7-3)30-29-6-2)27(22)23(24)17-26(32)34-20/h6-7,16,18-23,25,27H,2-3,5,8-15,17H2,1,4H3/b30-29-/t18-,19?,20+,21?,22?,23?,25?,27?/m1/s1. The number of Topliss-reactive ketones (excluding diaryl/α,β-unsaturated/α-hetero) is 1. The van der Waals surface area contributed by atoms with Gasteiger partial charge in [-0.25, -0.2) is 0 Å². The zero-order chi connectivity index (χ0) is 24.2. The van der Waals surface area contributed by atoms with Gasteiger partial charge in [0, 0.05) is 24.2 Å². The molecule has 0 N–H and O–H groups in total. The number of fused-ring (bicyclic) bond motifs is 5. The fourth-order valence-corrected chi connectivity index (χ4v) is 7.31. The Hall–Kier alpha value is -2.24. The van der Waals surface area contributed by atoms with Gasteiger partial charge in [-0.15, -0.1) is 5.11 Å². The molecule has 6 nitrogen and oxygen atoms in total. The van der Waals surface area contributed by atoms with E-state index in [-0.39, 0.29) is 54.0 Å². The number of cyclic esters (lactones) is 1. The summed E-state index contributed by atoms with van der Waals surface area (Å²) in [5.41, 5.74) is 0.871. The summed E-state index contributed by atoms with van der Waals surface area (Å²) in [7, 11) is 0. The highest BCUT2D eigenvalue weighted by molar-refractivity contribution is 5.98. The van der Waals surface area contributed by atoms with Crippen LogP contribution in [0.4, 0.5) is 0 Å². The van der Waals surface area contributed by atoms with Crippen molar-refractivity contribution in [1.29, 1.82) is 0 Å². The molecule has 3 aliphatic carbocycles. The fourth-order valence-electron chi connectivity index (χ4n) is 7.31. The lowest BCUT2D eigenvalue weighted by Gasteiger charge is -2.46. The number of allylic oxidation sites excluding steroid dienone is 2. The van der Waals surface area contributed by atoms with Crippen LogP contribution < -0.4 is 0 Å². The molecule has 0 spiro atoms. The molecule has 8 atom stereocenters. The van der Waals surface area contributed by atoms with Gasteiger partial charge in [0.05, 0.1) is 12.5 Å². The number of esters is 1. The first-order chi connectivity index (χ1) is 16.5. The highest BCUT2D eigenvalue weighted by atomic mass is 16.5. The van der Waals surface area contributed by atoms with Crippen LogP contribution in [0.25, 0.3) is 0 Å². The van der Waals surface area contributed by atoms with Gasteiger partial charge >= 0.3 is 5.97 Å². The van der Waals surface area contributed by atoms with Gasteiger partial charge in [0.2, 0.25) is 0 Å². The molecule has 2 saturated carbocycles. The second kappa shape index (κ2) is 11.0. The van der Waals surface area contributed by atoms with E-state index in [2.05, 4.69) is 43.4 Å². The zero-order valence-corrected chi connectivity index (χ0v) is 20.9. The Kier molecular flexibility index (Phi) is 8.05. The van der Waals surface area contributed by atoms with E-state index in [1.807, 2.05) is 5.01 Å². The quantitative estimate of drug-likeness (QED) is 0.266. The molecule has 1 aliphatic heterocycles. The second-order valence-corrected chi connectivity index (χ2v) is 10.8.